The number of aromatic nitrogens is 3. The van der Waals surface area contributed by atoms with Crippen LogP contribution in [0.5, 0.6) is 5.75 Å². The Morgan fingerprint density at radius 1 is 0.844 bits per heavy atom. The van der Waals surface area contributed by atoms with Crippen molar-refractivity contribution in [3.63, 3.8) is 0 Å². The van der Waals surface area contributed by atoms with Gasteiger partial charge in [-0.05, 0) is 59.2 Å². The molecule has 0 aliphatic rings. The number of hydrogen-bond donors (Lipinski definition) is 0. The molecule has 0 unspecified atom stereocenters. The van der Waals surface area contributed by atoms with Gasteiger partial charge >= 0.3 is 0 Å². The van der Waals surface area contributed by atoms with Crippen LogP contribution in [-0.2, 0) is 13.7 Å². The lowest BCUT2D eigenvalue weighted by Gasteiger charge is -2.12. The van der Waals surface area contributed by atoms with E-state index in [0.29, 0.717) is 12.2 Å². The molecule has 5 nitrogen and oxygen atoms in total. The monoisotopic (exact) mass is 419 g/mol. The molecule has 0 saturated carbocycles. The maximum absolute atomic E-state index is 13.0. The number of benzene rings is 2. The van der Waals surface area contributed by atoms with E-state index in [9.17, 15) is 4.79 Å². The predicted octanol–water partition coefficient (Wildman–Crippen LogP) is 5.24. The highest BCUT2D eigenvalue weighted by atomic mass is 16.5. The molecule has 0 N–H and O–H groups in total. The van der Waals surface area contributed by atoms with E-state index in [1.165, 1.54) is 0 Å². The van der Waals surface area contributed by atoms with Gasteiger partial charge in [-0.1, -0.05) is 36.4 Å². The third kappa shape index (κ3) is 3.88. The Bertz CT molecular complexity index is 1440. The van der Waals surface area contributed by atoms with Crippen molar-refractivity contribution in [2.45, 2.75) is 6.61 Å². The first kappa shape index (κ1) is 19.7. The van der Waals surface area contributed by atoms with Gasteiger partial charge in [0.05, 0.1) is 16.8 Å². The molecule has 0 saturated heterocycles. The minimum absolute atomic E-state index is 0.0478. The molecule has 2 aromatic carbocycles. The molecule has 0 fully saturated rings. The van der Waals surface area contributed by atoms with E-state index in [1.54, 1.807) is 30.2 Å². The van der Waals surface area contributed by atoms with Crippen molar-refractivity contribution in [3.8, 4) is 28.0 Å². The fourth-order valence-corrected chi connectivity index (χ4v) is 3.74. The maximum Gasteiger partial charge on any atom is 0.258 e. The van der Waals surface area contributed by atoms with Gasteiger partial charge in [0, 0.05) is 31.0 Å². The van der Waals surface area contributed by atoms with E-state index in [1.807, 2.05) is 72.8 Å². The molecule has 0 bridgehead atoms. The fraction of sp³-hybridized carbons (Fsp3) is 0.0741. The van der Waals surface area contributed by atoms with Crippen molar-refractivity contribution < 1.29 is 4.74 Å². The summed E-state index contributed by atoms with van der Waals surface area (Å²) in [6, 6.07) is 25.4. The Morgan fingerprint density at radius 3 is 2.44 bits per heavy atom. The van der Waals surface area contributed by atoms with Crippen LogP contribution in [0.2, 0.25) is 0 Å². The second-order valence-electron chi connectivity index (χ2n) is 7.56. The van der Waals surface area contributed by atoms with Gasteiger partial charge in [0.1, 0.15) is 12.4 Å². The number of nitrogens with zero attached hydrogens (tertiary/aromatic N) is 3. The summed E-state index contributed by atoms with van der Waals surface area (Å²) in [5.74, 6) is 0.724. The number of para-hydroxylation sites is 1. The summed E-state index contributed by atoms with van der Waals surface area (Å²) >= 11 is 0. The predicted molar refractivity (Wildman–Crippen MR) is 126 cm³/mol. The van der Waals surface area contributed by atoms with E-state index >= 15 is 0 Å². The van der Waals surface area contributed by atoms with Crippen molar-refractivity contribution in [1.29, 1.82) is 0 Å². The van der Waals surface area contributed by atoms with Gasteiger partial charge in [-0.15, -0.1) is 0 Å². The zero-order valence-electron chi connectivity index (χ0n) is 17.6. The first-order valence-electron chi connectivity index (χ1n) is 10.4. The lowest BCUT2D eigenvalue weighted by atomic mass is 9.97. The van der Waals surface area contributed by atoms with Crippen LogP contribution < -0.4 is 10.3 Å². The summed E-state index contributed by atoms with van der Waals surface area (Å²) in [6.45, 7) is 0.375. The molecule has 0 amide bonds. The van der Waals surface area contributed by atoms with Gasteiger partial charge in [-0.3, -0.25) is 9.78 Å². The molecule has 0 spiro atoms. The van der Waals surface area contributed by atoms with Crippen LogP contribution in [0.25, 0.3) is 33.2 Å². The zero-order chi connectivity index (χ0) is 21.9. The summed E-state index contributed by atoms with van der Waals surface area (Å²) in [5, 5.41) is 1.11. The second kappa shape index (κ2) is 8.47. The molecule has 5 rings (SSSR count). The molecule has 0 radical (unpaired) electrons. The van der Waals surface area contributed by atoms with Gasteiger partial charge in [0.25, 0.3) is 5.56 Å². The van der Waals surface area contributed by atoms with Crippen LogP contribution in [0.1, 0.15) is 5.69 Å². The third-order valence-electron chi connectivity index (χ3n) is 5.45. The zero-order valence-corrected chi connectivity index (χ0v) is 17.6. The van der Waals surface area contributed by atoms with E-state index in [4.69, 9.17) is 4.74 Å². The van der Waals surface area contributed by atoms with E-state index in [2.05, 4.69) is 16.0 Å². The second-order valence-corrected chi connectivity index (χ2v) is 7.56. The SMILES string of the molecule is Cn1ccc(-c2ccncc2)c(-c2ccc(OCc3ccc4ccccc4n3)cc2)c1=O. The van der Waals surface area contributed by atoms with Crippen LogP contribution in [0.15, 0.2) is 102 Å². The molecule has 156 valence electrons. The van der Waals surface area contributed by atoms with E-state index in [-0.39, 0.29) is 5.56 Å². The van der Waals surface area contributed by atoms with E-state index in [0.717, 1.165) is 39.0 Å². The largest absolute Gasteiger partial charge is 0.487 e. The van der Waals surface area contributed by atoms with Crippen LogP contribution in [0.4, 0.5) is 0 Å². The number of hydrogen-bond acceptors (Lipinski definition) is 4. The van der Waals surface area contributed by atoms with Crippen molar-refractivity contribution in [2.24, 2.45) is 7.05 Å². The Balaban J connectivity index is 1.41. The summed E-state index contributed by atoms with van der Waals surface area (Å²) in [6.07, 6.45) is 5.25. The number of pyridine rings is 3. The number of ether oxygens (including phenoxy) is 1. The number of rotatable bonds is 5. The summed E-state index contributed by atoms with van der Waals surface area (Å²) in [4.78, 5) is 21.7. The molecule has 5 heteroatoms. The van der Waals surface area contributed by atoms with Gasteiger partial charge in [-0.25, -0.2) is 4.98 Å². The van der Waals surface area contributed by atoms with Crippen molar-refractivity contribution in [1.82, 2.24) is 14.5 Å². The molecule has 3 heterocycles. The Morgan fingerprint density at radius 2 is 1.62 bits per heavy atom. The smallest absolute Gasteiger partial charge is 0.258 e. The van der Waals surface area contributed by atoms with Crippen LogP contribution in [0.3, 0.4) is 0 Å². The average Bonchev–Trinajstić information content (AvgIpc) is 2.85. The van der Waals surface area contributed by atoms with E-state index < -0.39 is 0 Å². The summed E-state index contributed by atoms with van der Waals surface area (Å²) in [7, 11) is 1.76. The maximum atomic E-state index is 13.0. The van der Waals surface area contributed by atoms with Gasteiger partial charge < -0.3 is 9.30 Å². The highest BCUT2D eigenvalue weighted by molar-refractivity contribution is 5.82. The van der Waals surface area contributed by atoms with Crippen molar-refractivity contribution in [2.75, 3.05) is 0 Å². The highest BCUT2D eigenvalue weighted by Crippen LogP contribution is 2.30. The molecular formula is C27H21N3O2. The minimum atomic E-state index is -0.0478. The lowest BCUT2D eigenvalue weighted by Crippen LogP contribution is -2.18. The fourth-order valence-electron chi connectivity index (χ4n) is 3.74. The standard InChI is InChI=1S/C27H21N3O2/c1-30-17-14-24(19-12-15-28-16-13-19)26(27(30)31)21-7-10-23(11-8-21)32-18-22-9-6-20-4-2-3-5-25(20)29-22/h2-17H,18H2,1H3. The number of aryl methyl sites for hydroxylation is 1. The quantitative estimate of drug-likeness (QED) is 0.391. The molecule has 0 aliphatic heterocycles. The topological polar surface area (TPSA) is 57.0 Å². The molecule has 32 heavy (non-hydrogen) atoms. The van der Waals surface area contributed by atoms with Crippen LogP contribution >= 0.6 is 0 Å². The highest BCUT2D eigenvalue weighted by Gasteiger charge is 2.13. The Hall–Kier alpha value is -4.25. The van der Waals surface area contributed by atoms with Gasteiger partial charge in [0.2, 0.25) is 0 Å². The molecule has 3 aromatic heterocycles. The van der Waals surface area contributed by atoms with Crippen LogP contribution in [-0.4, -0.2) is 14.5 Å². The first-order chi connectivity index (χ1) is 15.7. The molecule has 0 aliphatic carbocycles. The molecular weight excluding hydrogens is 398 g/mol. The number of fused-ring (bicyclic) bond motifs is 1. The van der Waals surface area contributed by atoms with Crippen molar-refractivity contribution in [3.05, 3.63) is 114 Å². The average molecular weight is 419 g/mol. The molecule has 0 atom stereocenters. The van der Waals surface area contributed by atoms with Crippen LogP contribution in [0, 0.1) is 0 Å². The van der Waals surface area contributed by atoms with Gasteiger partial charge in [0.15, 0.2) is 0 Å². The summed E-state index contributed by atoms with van der Waals surface area (Å²) < 4.78 is 7.54. The lowest BCUT2D eigenvalue weighted by molar-refractivity contribution is 0.302. The minimum Gasteiger partial charge on any atom is -0.487 e. The van der Waals surface area contributed by atoms with Gasteiger partial charge in [-0.2, -0.15) is 0 Å². The van der Waals surface area contributed by atoms with Crippen molar-refractivity contribution >= 4 is 10.9 Å². The Labute approximate surface area is 185 Å². The molecule has 5 aromatic rings. The third-order valence-corrected chi connectivity index (χ3v) is 5.45. The summed E-state index contributed by atoms with van der Waals surface area (Å²) in [5.41, 5.74) is 5.10. The first-order valence-corrected chi connectivity index (χ1v) is 10.4. The Kier molecular flexibility index (Phi) is 5.22. The normalized spacial score (nSPS) is 10.9.